The van der Waals surface area contributed by atoms with Crippen molar-refractivity contribution in [3.8, 4) is 5.75 Å². The molecule has 2 aromatic rings. The zero-order valence-corrected chi connectivity index (χ0v) is 15.6. The van der Waals surface area contributed by atoms with E-state index in [0.29, 0.717) is 12.5 Å². The van der Waals surface area contributed by atoms with Crippen LogP contribution in [0.1, 0.15) is 42.0 Å². The molecule has 0 saturated heterocycles. The molecule has 1 aliphatic heterocycles. The molecule has 2 unspecified atom stereocenters. The van der Waals surface area contributed by atoms with Crippen LogP contribution < -0.4 is 9.64 Å². The van der Waals surface area contributed by atoms with Crippen molar-refractivity contribution in [1.29, 1.82) is 0 Å². The van der Waals surface area contributed by atoms with Crippen LogP contribution in [0.25, 0.3) is 0 Å². The maximum absolute atomic E-state index is 10.5. The van der Waals surface area contributed by atoms with Crippen LogP contribution in [0, 0.1) is 6.92 Å². The molecule has 2 aromatic carbocycles. The maximum atomic E-state index is 10.5. The molecule has 3 heteroatoms. The van der Waals surface area contributed by atoms with Crippen molar-refractivity contribution in [1.82, 2.24) is 0 Å². The van der Waals surface area contributed by atoms with E-state index in [9.17, 15) is 5.11 Å². The molecule has 2 N–H and O–H groups in total. The second-order valence-corrected chi connectivity index (χ2v) is 7.56. The second-order valence-electron chi connectivity index (χ2n) is 7.56. The molecule has 3 rings (SSSR count). The third-order valence-corrected chi connectivity index (χ3v) is 5.05. The van der Waals surface area contributed by atoms with Crippen molar-refractivity contribution >= 4 is 0 Å². The van der Waals surface area contributed by atoms with Crippen LogP contribution in [-0.4, -0.2) is 30.9 Å². The van der Waals surface area contributed by atoms with Gasteiger partial charge in [0.1, 0.15) is 31.5 Å². The normalized spacial score (nSPS) is 18.0. The van der Waals surface area contributed by atoms with Crippen molar-refractivity contribution < 1.29 is 14.7 Å². The number of fused-ring (bicyclic) bond motifs is 1. The van der Waals surface area contributed by atoms with Gasteiger partial charge in [0, 0.05) is 12.0 Å². The van der Waals surface area contributed by atoms with Gasteiger partial charge in [-0.25, -0.2) is 0 Å². The van der Waals surface area contributed by atoms with Gasteiger partial charge >= 0.3 is 0 Å². The molecule has 2 atom stereocenters. The third-order valence-electron chi connectivity index (χ3n) is 5.05. The van der Waals surface area contributed by atoms with Crippen molar-refractivity contribution in [3.05, 3.63) is 64.7 Å². The lowest BCUT2D eigenvalue weighted by Gasteiger charge is -2.27. The van der Waals surface area contributed by atoms with E-state index >= 15 is 0 Å². The molecule has 0 aliphatic carbocycles. The molecule has 0 radical (unpaired) electrons. The lowest BCUT2D eigenvalue weighted by atomic mass is 10.00. The van der Waals surface area contributed by atoms with Gasteiger partial charge < -0.3 is 14.7 Å². The van der Waals surface area contributed by atoms with E-state index in [1.165, 1.54) is 27.2 Å². The highest BCUT2D eigenvalue weighted by atomic mass is 16.5. The van der Waals surface area contributed by atoms with E-state index in [4.69, 9.17) is 4.74 Å². The fraction of sp³-hybridized carbons (Fsp3) is 0.455. The van der Waals surface area contributed by atoms with Gasteiger partial charge in [0.15, 0.2) is 0 Å². The molecule has 25 heavy (non-hydrogen) atoms. The average molecular weight is 340 g/mol. The first-order valence-corrected chi connectivity index (χ1v) is 9.34. The molecule has 134 valence electrons. The van der Waals surface area contributed by atoms with Crippen LogP contribution in [0.3, 0.4) is 0 Å². The van der Waals surface area contributed by atoms with Crippen molar-refractivity contribution in [3.63, 3.8) is 0 Å². The summed E-state index contributed by atoms with van der Waals surface area (Å²) in [7, 11) is 0. The van der Waals surface area contributed by atoms with Gasteiger partial charge in [-0.3, -0.25) is 0 Å². The van der Waals surface area contributed by atoms with Gasteiger partial charge in [-0.05, 0) is 35.6 Å². The third kappa shape index (κ3) is 4.62. The largest absolute Gasteiger partial charge is 0.490 e. The molecular formula is C22H30NO2+. The highest BCUT2D eigenvalue weighted by Crippen LogP contribution is 2.27. The number of aliphatic hydroxyl groups excluding tert-OH is 1. The Morgan fingerprint density at radius 2 is 1.88 bits per heavy atom. The molecule has 0 bridgehead atoms. The van der Waals surface area contributed by atoms with E-state index in [1.54, 1.807) is 0 Å². The first-order valence-electron chi connectivity index (χ1n) is 9.34. The average Bonchev–Trinajstić information content (AvgIpc) is 2.59. The Balaban J connectivity index is 1.56. The smallest absolute Gasteiger partial charge is 0.137 e. The number of hydrogen-bond donors (Lipinski definition) is 2. The summed E-state index contributed by atoms with van der Waals surface area (Å²) < 4.78 is 5.99. The summed E-state index contributed by atoms with van der Waals surface area (Å²) in [6.45, 7) is 9.57. The summed E-state index contributed by atoms with van der Waals surface area (Å²) in [6.07, 6.45) is 0.648. The zero-order valence-electron chi connectivity index (χ0n) is 15.6. The summed E-state index contributed by atoms with van der Waals surface area (Å²) in [5.74, 6) is 1.32. The number of rotatable bonds is 6. The fourth-order valence-electron chi connectivity index (χ4n) is 3.64. The number of aliphatic hydroxyl groups is 1. The fourth-order valence-corrected chi connectivity index (χ4v) is 3.64. The van der Waals surface area contributed by atoms with Crippen LogP contribution in [-0.2, 0) is 13.0 Å². The van der Waals surface area contributed by atoms with Crippen LogP contribution in [0.15, 0.2) is 42.5 Å². The first kappa shape index (κ1) is 18.0. The standard InChI is InChI=1S/C22H29NO2/c1-16(2)21-9-8-17(3)12-22(21)25-15-20(24)14-23-11-10-18-6-4-5-7-19(18)13-23/h4-9,12,16,20,24H,10-11,13-15H2,1-3H3/p+1. The molecule has 0 amide bonds. The van der Waals surface area contributed by atoms with E-state index in [0.717, 1.165) is 31.8 Å². The first-order chi connectivity index (χ1) is 12.0. The summed E-state index contributed by atoms with van der Waals surface area (Å²) in [4.78, 5) is 1.43. The highest BCUT2D eigenvalue weighted by molar-refractivity contribution is 5.39. The second kappa shape index (κ2) is 8.03. The van der Waals surface area contributed by atoms with Crippen molar-refractivity contribution in [2.45, 2.75) is 45.8 Å². The summed E-state index contributed by atoms with van der Waals surface area (Å²) in [6, 6.07) is 15.0. The Kier molecular flexibility index (Phi) is 5.77. The topological polar surface area (TPSA) is 33.9 Å². The van der Waals surface area contributed by atoms with Gasteiger partial charge in [0.05, 0.1) is 6.54 Å². The van der Waals surface area contributed by atoms with Crippen molar-refractivity contribution in [2.75, 3.05) is 19.7 Å². The predicted molar refractivity (Wildman–Crippen MR) is 101 cm³/mol. The number of quaternary nitrogens is 1. The van der Waals surface area contributed by atoms with E-state index in [1.807, 2.05) is 0 Å². The minimum absolute atomic E-state index is 0.355. The molecule has 0 aromatic heterocycles. The van der Waals surface area contributed by atoms with Crippen LogP contribution in [0.4, 0.5) is 0 Å². The molecule has 1 aliphatic rings. The molecule has 3 nitrogen and oxygen atoms in total. The number of nitrogens with one attached hydrogen (secondary N) is 1. The summed E-state index contributed by atoms with van der Waals surface area (Å²) in [5, 5.41) is 10.5. The monoisotopic (exact) mass is 340 g/mol. The van der Waals surface area contributed by atoms with Gasteiger partial charge in [-0.2, -0.15) is 0 Å². The quantitative estimate of drug-likeness (QED) is 0.847. The van der Waals surface area contributed by atoms with Gasteiger partial charge in [-0.1, -0.05) is 50.2 Å². The maximum Gasteiger partial charge on any atom is 0.137 e. The number of hydrogen-bond acceptors (Lipinski definition) is 2. The molecule has 0 spiro atoms. The molecular weight excluding hydrogens is 310 g/mol. The van der Waals surface area contributed by atoms with Crippen LogP contribution >= 0.6 is 0 Å². The van der Waals surface area contributed by atoms with E-state index in [-0.39, 0.29) is 0 Å². The number of ether oxygens (including phenoxy) is 1. The minimum Gasteiger partial charge on any atom is -0.490 e. The van der Waals surface area contributed by atoms with E-state index in [2.05, 4.69) is 63.2 Å². The number of aryl methyl sites for hydroxylation is 1. The van der Waals surface area contributed by atoms with Crippen LogP contribution in [0.2, 0.25) is 0 Å². The minimum atomic E-state index is -0.444. The Morgan fingerprint density at radius 3 is 2.64 bits per heavy atom. The highest BCUT2D eigenvalue weighted by Gasteiger charge is 2.22. The predicted octanol–water partition coefficient (Wildman–Crippen LogP) is 2.50. The SMILES string of the molecule is Cc1ccc(C(C)C)c(OCC(O)C[NH+]2CCc3ccccc3C2)c1. The Hall–Kier alpha value is -1.84. The van der Waals surface area contributed by atoms with Gasteiger partial charge in [0.25, 0.3) is 0 Å². The summed E-state index contributed by atoms with van der Waals surface area (Å²) in [5.41, 5.74) is 5.26. The Labute approximate surface area is 151 Å². The molecule has 0 saturated carbocycles. The molecule has 0 fully saturated rings. The molecule has 1 heterocycles. The van der Waals surface area contributed by atoms with Crippen LogP contribution in [0.5, 0.6) is 5.75 Å². The lowest BCUT2D eigenvalue weighted by Crippen LogP contribution is -3.13. The van der Waals surface area contributed by atoms with Crippen molar-refractivity contribution in [2.24, 2.45) is 0 Å². The summed E-state index contributed by atoms with van der Waals surface area (Å²) >= 11 is 0. The lowest BCUT2D eigenvalue weighted by molar-refractivity contribution is -0.918. The zero-order chi connectivity index (χ0) is 17.8. The van der Waals surface area contributed by atoms with E-state index < -0.39 is 6.10 Å². The Bertz CT molecular complexity index is 711. The van der Waals surface area contributed by atoms with Gasteiger partial charge in [0.2, 0.25) is 0 Å². The Morgan fingerprint density at radius 1 is 1.12 bits per heavy atom. The number of benzene rings is 2. The van der Waals surface area contributed by atoms with Gasteiger partial charge in [-0.15, -0.1) is 0 Å².